The largest absolute Gasteiger partial charge is 0.457 e. The van der Waals surface area contributed by atoms with Crippen molar-refractivity contribution in [3.05, 3.63) is 85.1 Å². The fraction of sp³-hybridized carbons (Fsp3) is 0.732. The predicted molar refractivity (Wildman–Crippen MR) is 265 cm³/mol. The van der Waals surface area contributed by atoms with Crippen LogP contribution in [0.4, 0.5) is 0 Å². The maximum atomic E-state index is 12.3. The Bertz CT molecular complexity index is 1060. The van der Waals surface area contributed by atoms with Crippen molar-refractivity contribution in [2.45, 2.75) is 245 Å². The molecule has 1 unspecified atom stereocenters. The predicted octanol–water partition coefficient (Wildman–Crippen LogP) is 17.5. The Balaban J connectivity index is 3.50. The number of carbonyl (C=O) groups excluding carboxylic acids is 1. The summed E-state index contributed by atoms with van der Waals surface area (Å²) in [6.45, 7) is 5.15. The molecular weight excluding hydrogens is 737 g/mol. The number of allylic oxidation sites excluding steroid dienone is 14. The molecule has 0 fully saturated rings. The summed E-state index contributed by atoms with van der Waals surface area (Å²) in [6.07, 6.45) is 74.0. The number of aliphatic hydroxyl groups excluding tert-OH is 1. The second kappa shape index (κ2) is 52.7. The molecule has 1 atom stereocenters. The van der Waals surface area contributed by atoms with Crippen LogP contribution in [0.2, 0.25) is 0 Å². The summed E-state index contributed by atoms with van der Waals surface area (Å²) in [5, 5.41) is 9.65. The molecule has 346 valence electrons. The molecule has 4 heteroatoms. The third kappa shape index (κ3) is 49.9. The van der Waals surface area contributed by atoms with Crippen molar-refractivity contribution in [3.63, 3.8) is 0 Å². The van der Waals surface area contributed by atoms with Crippen molar-refractivity contribution in [1.29, 1.82) is 0 Å². The third-order valence-corrected chi connectivity index (χ3v) is 11.0. The van der Waals surface area contributed by atoms with Crippen LogP contribution in [0, 0.1) is 0 Å². The number of aliphatic hydroxyl groups is 1. The molecule has 0 aliphatic rings. The number of ether oxygens (including phenoxy) is 2. The Labute approximate surface area is 373 Å². The zero-order valence-electron chi connectivity index (χ0n) is 39.7. The van der Waals surface area contributed by atoms with Crippen LogP contribution >= 0.6 is 0 Å². The second-order valence-electron chi connectivity index (χ2n) is 16.9. The third-order valence-electron chi connectivity index (χ3n) is 11.0. The van der Waals surface area contributed by atoms with E-state index in [0.717, 1.165) is 77.0 Å². The second-order valence-corrected chi connectivity index (χ2v) is 16.9. The van der Waals surface area contributed by atoms with E-state index in [2.05, 4.69) is 98.9 Å². The Hall–Kier alpha value is -2.43. The van der Waals surface area contributed by atoms with Gasteiger partial charge >= 0.3 is 5.97 Å². The Morgan fingerprint density at radius 2 is 0.750 bits per heavy atom. The molecule has 0 saturated carbocycles. The van der Waals surface area contributed by atoms with Gasteiger partial charge in [-0.1, -0.05) is 247 Å². The van der Waals surface area contributed by atoms with Gasteiger partial charge in [0.25, 0.3) is 0 Å². The molecule has 0 aliphatic carbocycles. The van der Waals surface area contributed by atoms with Gasteiger partial charge in [0.2, 0.25) is 0 Å². The summed E-state index contributed by atoms with van der Waals surface area (Å²) in [6, 6.07) is 0. The summed E-state index contributed by atoms with van der Waals surface area (Å²) in [7, 11) is 0. The van der Waals surface area contributed by atoms with Gasteiger partial charge in [0, 0.05) is 13.0 Å². The maximum Gasteiger partial charge on any atom is 0.306 e. The van der Waals surface area contributed by atoms with Crippen LogP contribution in [0.5, 0.6) is 0 Å². The Kier molecular flexibility index (Phi) is 50.6. The molecule has 1 N–H and O–H groups in total. The van der Waals surface area contributed by atoms with E-state index < -0.39 is 6.10 Å². The molecule has 0 rings (SSSR count). The van der Waals surface area contributed by atoms with E-state index in [1.54, 1.807) is 0 Å². The number of carbonyl (C=O) groups is 1. The van der Waals surface area contributed by atoms with Crippen LogP contribution in [0.25, 0.3) is 0 Å². The van der Waals surface area contributed by atoms with E-state index in [-0.39, 0.29) is 19.2 Å². The Morgan fingerprint density at radius 1 is 0.417 bits per heavy atom. The quantitative estimate of drug-likeness (QED) is 0.0377. The van der Waals surface area contributed by atoms with Crippen LogP contribution in [0.15, 0.2) is 85.1 Å². The van der Waals surface area contributed by atoms with Crippen molar-refractivity contribution >= 4 is 5.97 Å². The molecule has 0 aromatic carbocycles. The van der Waals surface area contributed by atoms with Gasteiger partial charge in [0.05, 0.1) is 13.2 Å². The minimum Gasteiger partial charge on any atom is -0.457 e. The minimum atomic E-state index is -0.562. The SMILES string of the molecule is CC/C=C\C/C=C\C/C=C\C/C=C\C/C=C\C/C=C\C/C=C\CCCCOCC(CO)OC(=O)CCCCCCCCCCCCCCCCCCCCCCCCCC. The summed E-state index contributed by atoms with van der Waals surface area (Å²) in [5.41, 5.74) is 0. The number of unbranched alkanes of at least 4 members (excludes halogenated alkanes) is 25. The number of rotatable bonds is 47. The molecule has 0 bridgehead atoms. The molecule has 4 nitrogen and oxygen atoms in total. The summed E-state index contributed by atoms with van der Waals surface area (Å²) >= 11 is 0. The van der Waals surface area contributed by atoms with Gasteiger partial charge in [-0.05, 0) is 70.6 Å². The smallest absolute Gasteiger partial charge is 0.306 e. The zero-order chi connectivity index (χ0) is 43.3. The van der Waals surface area contributed by atoms with Crippen LogP contribution in [0.3, 0.4) is 0 Å². The maximum absolute atomic E-state index is 12.3. The standard InChI is InChI=1S/C56H98O4/c1-3-5-7-9-11-13-15-17-19-21-23-25-27-29-31-33-35-37-39-41-43-45-47-49-51-56(58)60-55(53-57)54-59-52-50-48-46-44-42-40-38-36-34-32-30-28-26-24-22-20-18-16-14-12-10-8-6-4-2/h6,8,12,14,18,20,24,26,30,32,36,38,42,44,55,57H,3-5,7,9-11,13,15-17,19,21-23,25,27-29,31,33-35,37,39-41,43,45-54H2,1-2H3/b8-6-,14-12-,20-18-,26-24-,32-30-,38-36-,44-42-. The molecule has 0 heterocycles. The lowest BCUT2D eigenvalue weighted by Crippen LogP contribution is -2.27. The first kappa shape index (κ1) is 57.6. The summed E-state index contributed by atoms with van der Waals surface area (Å²) < 4.78 is 11.2. The first-order valence-electron chi connectivity index (χ1n) is 25.7. The highest BCUT2D eigenvalue weighted by molar-refractivity contribution is 5.69. The van der Waals surface area contributed by atoms with Crippen molar-refractivity contribution in [3.8, 4) is 0 Å². The van der Waals surface area contributed by atoms with E-state index in [1.807, 2.05) is 0 Å². The fourth-order valence-corrected chi connectivity index (χ4v) is 7.19. The fourth-order valence-electron chi connectivity index (χ4n) is 7.19. The number of hydrogen-bond donors (Lipinski definition) is 1. The van der Waals surface area contributed by atoms with Gasteiger partial charge in [-0.3, -0.25) is 4.79 Å². The molecule has 60 heavy (non-hydrogen) atoms. The lowest BCUT2D eigenvalue weighted by molar-refractivity contribution is -0.154. The number of esters is 1. The molecular formula is C56H98O4. The molecule has 0 saturated heterocycles. The lowest BCUT2D eigenvalue weighted by Gasteiger charge is -2.15. The highest BCUT2D eigenvalue weighted by Gasteiger charge is 2.13. The first-order chi connectivity index (χ1) is 29.7. The minimum absolute atomic E-state index is 0.192. The van der Waals surface area contributed by atoms with E-state index in [1.165, 1.54) is 141 Å². The van der Waals surface area contributed by atoms with Gasteiger partial charge < -0.3 is 14.6 Å². The normalized spacial score (nSPS) is 13.1. The average Bonchev–Trinajstić information content (AvgIpc) is 3.25. The molecule has 0 aromatic heterocycles. The molecule has 0 spiro atoms. The summed E-state index contributed by atoms with van der Waals surface area (Å²) in [5.74, 6) is -0.214. The van der Waals surface area contributed by atoms with Crippen LogP contribution in [-0.4, -0.2) is 37.0 Å². The molecule has 0 amide bonds. The van der Waals surface area contributed by atoms with Gasteiger partial charge in [0.1, 0.15) is 6.10 Å². The lowest BCUT2D eigenvalue weighted by atomic mass is 10.0. The van der Waals surface area contributed by atoms with Crippen molar-refractivity contribution in [2.75, 3.05) is 19.8 Å². The van der Waals surface area contributed by atoms with E-state index in [9.17, 15) is 9.90 Å². The van der Waals surface area contributed by atoms with Crippen LogP contribution in [0.1, 0.15) is 239 Å². The van der Waals surface area contributed by atoms with E-state index >= 15 is 0 Å². The topological polar surface area (TPSA) is 55.8 Å². The van der Waals surface area contributed by atoms with E-state index in [4.69, 9.17) is 9.47 Å². The van der Waals surface area contributed by atoms with Gasteiger partial charge in [-0.2, -0.15) is 0 Å². The zero-order valence-corrected chi connectivity index (χ0v) is 39.7. The van der Waals surface area contributed by atoms with E-state index in [0.29, 0.717) is 13.0 Å². The van der Waals surface area contributed by atoms with Gasteiger partial charge in [-0.25, -0.2) is 0 Å². The Morgan fingerprint density at radius 3 is 1.10 bits per heavy atom. The first-order valence-corrected chi connectivity index (χ1v) is 25.7. The monoisotopic (exact) mass is 835 g/mol. The van der Waals surface area contributed by atoms with Gasteiger partial charge in [0.15, 0.2) is 0 Å². The van der Waals surface area contributed by atoms with Gasteiger partial charge in [-0.15, -0.1) is 0 Å². The van der Waals surface area contributed by atoms with Crippen molar-refractivity contribution in [1.82, 2.24) is 0 Å². The highest BCUT2D eigenvalue weighted by atomic mass is 16.6. The van der Waals surface area contributed by atoms with Crippen LogP contribution in [-0.2, 0) is 14.3 Å². The van der Waals surface area contributed by atoms with Crippen molar-refractivity contribution in [2.24, 2.45) is 0 Å². The molecule has 0 radical (unpaired) electrons. The average molecular weight is 835 g/mol. The summed E-state index contributed by atoms with van der Waals surface area (Å²) in [4.78, 5) is 12.3. The molecule has 0 aromatic rings. The van der Waals surface area contributed by atoms with Crippen LogP contribution < -0.4 is 0 Å². The molecule has 0 aliphatic heterocycles. The highest BCUT2D eigenvalue weighted by Crippen LogP contribution is 2.16. The number of hydrogen-bond acceptors (Lipinski definition) is 4. The van der Waals surface area contributed by atoms with Crippen molar-refractivity contribution < 1.29 is 19.4 Å².